The van der Waals surface area contributed by atoms with Crippen molar-refractivity contribution >= 4 is 17.6 Å². The average molecular weight is 345 g/mol. The van der Waals surface area contributed by atoms with Gasteiger partial charge in [0.05, 0.1) is 12.2 Å². The molecule has 0 heterocycles. The van der Waals surface area contributed by atoms with Crippen LogP contribution in [0.3, 0.4) is 0 Å². The summed E-state index contributed by atoms with van der Waals surface area (Å²) in [6, 6.07) is 11.8. The molecule has 0 aliphatic heterocycles. The Bertz CT molecular complexity index is 698. The molecule has 0 atom stereocenters. The monoisotopic (exact) mass is 345 g/mol. The number of carbonyl (C=O) groups is 2. The molecule has 0 aromatic heterocycles. The first-order valence-corrected chi connectivity index (χ1v) is 8.04. The molecular formula is C19H20FNO4. The van der Waals surface area contributed by atoms with Crippen LogP contribution in [-0.4, -0.2) is 25.1 Å². The second kappa shape index (κ2) is 9.42. The summed E-state index contributed by atoms with van der Waals surface area (Å²) < 4.78 is 23.3. The van der Waals surface area contributed by atoms with E-state index in [1.54, 1.807) is 24.3 Å². The fourth-order valence-electron chi connectivity index (χ4n) is 1.97. The van der Waals surface area contributed by atoms with Gasteiger partial charge in [0.15, 0.2) is 6.61 Å². The van der Waals surface area contributed by atoms with Gasteiger partial charge in [-0.3, -0.25) is 4.79 Å². The number of rotatable bonds is 8. The van der Waals surface area contributed by atoms with Gasteiger partial charge in [-0.25, -0.2) is 9.18 Å². The van der Waals surface area contributed by atoms with Gasteiger partial charge in [-0.1, -0.05) is 13.3 Å². The van der Waals surface area contributed by atoms with E-state index in [0.717, 1.165) is 12.8 Å². The van der Waals surface area contributed by atoms with E-state index in [1.807, 2.05) is 0 Å². The van der Waals surface area contributed by atoms with Crippen molar-refractivity contribution in [1.29, 1.82) is 0 Å². The van der Waals surface area contributed by atoms with E-state index in [1.165, 1.54) is 24.3 Å². The van der Waals surface area contributed by atoms with Gasteiger partial charge in [-0.15, -0.1) is 0 Å². The number of hydrogen-bond acceptors (Lipinski definition) is 4. The van der Waals surface area contributed by atoms with Crippen LogP contribution in [0, 0.1) is 5.82 Å². The molecule has 0 radical (unpaired) electrons. The number of esters is 1. The number of hydrogen-bond donors (Lipinski definition) is 1. The van der Waals surface area contributed by atoms with Crippen LogP contribution in [0.5, 0.6) is 5.75 Å². The van der Waals surface area contributed by atoms with Gasteiger partial charge in [-0.05, 0) is 55.0 Å². The van der Waals surface area contributed by atoms with E-state index in [0.29, 0.717) is 23.6 Å². The van der Waals surface area contributed by atoms with Crippen LogP contribution in [0.25, 0.3) is 0 Å². The zero-order valence-electron chi connectivity index (χ0n) is 14.0. The molecule has 1 amide bonds. The first kappa shape index (κ1) is 18.4. The Hall–Kier alpha value is -2.89. The molecule has 0 aliphatic carbocycles. The Morgan fingerprint density at radius 2 is 1.72 bits per heavy atom. The van der Waals surface area contributed by atoms with Crippen molar-refractivity contribution < 1.29 is 23.5 Å². The number of ether oxygens (including phenoxy) is 2. The number of amides is 1. The molecule has 0 unspecified atom stereocenters. The summed E-state index contributed by atoms with van der Waals surface area (Å²) in [6.07, 6.45) is 2.01. The van der Waals surface area contributed by atoms with Crippen LogP contribution in [0.2, 0.25) is 0 Å². The van der Waals surface area contributed by atoms with Gasteiger partial charge in [0.2, 0.25) is 0 Å². The van der Waals surface area contributed by atoms with Crippen LogP contribution >= 0.6 is 0 Å². The highest BCUT2D eigenvalue weighted by molar-refractivity contribution is 5.95. The van der Waals surface area contributed by atoms with Crippen molar-refractivity contribution in [3.63, 3.8) is 0 Å². The maximum absolute atomic E-state index is 12.8. The molecule has 0 bridgehead atoms. The lowest BCUT2D eigenvalue weighted by Gasteiger charge is -2.08. The summed E-state index contributed by atoms with van der Waals surface area (Å²) in [5.41, 5.74) is 0.758. The maximum atomic E-state index is 12.8. The highest BCUT2D eigenvalue weighted by Gasteiger charge is 2.10. The molecule has 2 aromatic rings. The molecule has 0 aliphatic rings. The van der Waals surface area contributed by atoms with Crippen LogP contribution in [-0.2, 0) is 9.53 Å². The van der Waals surface area contributed by atoms with Crippen LogP contribution in [0.1, 0.15) is 30.1 Å². The number of unbranched alkanes of at least 4 members (excludes halogenated alkanes) is 1. The number of carbonyl (C=O) groups excluding carboxylic acids is 2. The minimum atomic E-state index is -0.602. The predicted molar refractivity (Wildman–Crippen MR) is 92.2 cm³/mol. The van der Waals surface area contributed by atoms with Crippen molar-refractivity contribution in [3.05, 3.63) is 59.9 Å². The fraction of sp³-hybridized carbons (Fsp3) is 0.263. The van der Waals surface area contributed by atoms with E-state index in [2.05, 4.69) is 12.2 Å². The molecule has 2 aromatic carbocycles. The van der Waals surface area contributed by atoms with Gasteiger partial charge in [0.1, 0.15) is 11.6 Å². The Morgan fingerprint density at radius 1 is 1.04 bits per heavy atom. The zero-order chi connectivity index (χ0) is 18.1. The van der Waals surface area contributed by atoms with Gasteiger partial charge in [0, 0.05) is 5.69 Å². The van der Waals surface area contributed by atoms with E-state index in [-0.39, 0.29) is 0 Å². The summed E-state index contributed by atoms with van der Waals surface area (Å²) in [6.45, 7) is 2.28. The van der Waals surface area contributed by atoms with Gasteiger partial charge < -0.3 is 14.8 Å². The smallest absolute Gasteiger partial charge is 0.338 e. The lowest BCUT2D eigenvalue weighted by molar-refractivity contribution is -0.119. The average Bonchev–Trinajstić information content (AvgIpc) is 2.62. The summed E-state index contributed by atoms with van der Waals surface area (Å²) in [7, 11) is 0. The molecule has 132 valence electrons. The Kier molecular flexibility index (Phi) is 6.95. The summed E-state index contributed by atoms with van der Waals surface area (Å²) >= 11 is 0. The molecular weight excluding hydrogens is 325 g/mol. The van der Waals surface area contributed by atoms with Crippen molar-refractivity contribution in [2.75, 3.05) is 18.5 Å². The third-order valence-electron chi connectivity index (χ3n) is 3.32. The third-order valence-corrected chi connectivity index (χ3v) is 3.32. The van der Waals surface area contributed by atoms with Gasteiger partial charge in [-0.2, -0.15) is 0 Å². The Balaban J connectivity index is 1.79. The Labute approximate surface area is 145 Å². The zero-order valence-corrected chi connectivity index (χ0v) is 14.0. The van der Waals surface area contributed by atoms with Crippen LogP contribution < -0.4 is 10.1 Å². The van der Waals surface area contributed by atoms with Crippen LogP contribution in [0.4, 0.5) is 10.1 Å². The van der Waals surface area contributed by atoms with E-state index >= 15 is 0 Å². The van der Waals surface area contributed by atoms with E-state index < -0.39 is 24.3 Å². The molecule has 0 saturated carbocycles. The second-order valence-corrected chi connectivity index (χ2v) is 5.36. The highest BCUT2D eigenvalue weighted by Crippen LogP contribution is 2.14. The van der Waals surface area contributed by atoms with E-state index in [9.17, 15) is 14.0 Å². The molecule has 5 nitrogen and oxygen atoms in total. The maximum Gasteiger partial charge on any atom is 0.338 e. The first-order chi connectivity index (χ1) is 12.1. The fourth-order valence-corrected chi connectivity index (χ4v) is 1.97. The van der Waals surface area contributed by atoms with Crippen molar-refractivity contribution in [1.82, 2.24) is 0 Å². The SMILES string of the molecule is CCCCOc1ccc(C(=O)OCC(=O)Nc2ccc(F)cc2)cc1. The standard InChI is InChI=1S/C19H20FNO4/c1-2-3-12-24-17-10-4-14(5-11-17)19(23)25-13-18(22)21-16-8-6-15(20)7-9-16/h4-11H,2-3,12-13H2,1H3,(H,21,22). The van der Waals surface area contributed by atoms with E-state index in [4.69, 9.17) is 9.47 Å². The number of nitrogens with one attached hydrogen (secondary N) is 1. The van der Waals surface area contributed by atoms with Gasteiger partial charge in [0.25, 0.3) is 5.91 Å². The summed E-state index contributed by atoms with van der Waals surface area (Å²) in [4.78, 5) is 23.7. The number of anilines is 1. The second-order valence-electron chi connectivity index (χ2n) is 5.36. The lowest BCUT2D eigenvalue weighted by Crippen LogP contribution is -2.20. The predicted octanol–water partition coefficient (Wildman–Crippen LogP) is 3.80. The van der Waals surface area contributed by atoms with Crippen LogP contribution in [0.15, 0.2) is 48.5 Å². The minimum Gasteiger partial charge on any atom is -0.494 e. The molecule has 0 spiro atoms. The Morgan fingerprint density at radius 3 is 2.36 bits per heavy atom. The molecule has 0 fully saturated rings. The molecule has 2 rings (SSSR count). The van der Waals surface area contributed by atoms with Gasteiger partial charge >= 0.3 is 5.97 Å². The minimum absolute atomic E-state index is 0.331. The van der Waals surface area contributed by atoms with Crippen molar-refractivity contribution in [3.8, 4) is 5.75 Å². The topological polar surface area (TPSA) is 64.6 Å². The van der Waals surface area contributed by atoms with Crippen molar-refractivity contribution in [2.24, 2.45) is 0 Å². The summed E-state index contributed by atoms with van der Waals surface area (Å²) in [5.74, 6) is -0.820. The lowest BCUT2D eigenvalue weighted by atomic mass is 10.2. The number of halogens is 1. The normalized spacial score (nSPS) is 10.2. The molecule has 1 N–H and O–H groups in total. The largest absolute Gasteiger partial charge is 0.494 e. The third kappa shape index (κ3) is 6.25. The first-order valence-electron chi connectivity index (χ1n) is 8.04. The molecule has 0 saturated heterocycles. The number of benzene rings is 2. The highest BCUT2D eigenvalue weighted by atomic mass is 19.1. The summed E-state index contributed by atoms with van der Waals surface area (Å²) in [5, 5.41) is 2.51. The molecule has 25 heavy (non-hydrogen) atoms. The quantitative estimate of drug-likeness (QED) is 0.584. The van der Waals surface area contributed by atoms with Crippen molar-refractivity contribution in [2.45, 2.75) is 19.8 Å². The molecule has 6 heteroatoms.